The third kappa shape index (κ3) is 5.26. The van der Waals surface area contributed by atoms with Crippen LogP contribution in [0.5, 0.6) is 0 Å². The van der Waals surface area contributed by atoms with Crippen molar-refractivity contribution in [2.24, 2.45) is 5.92 Å². The lowest BCUT2D eigenvalue weighted by Crippen LogP contribution is -2.38. The molecule has 0 radical (unpaired) electrons. The Bertz CT molecular complexity index is 271. The summed E-state index contributed by atoms with van der Waals surface area (Å²) in [6, 6.07) is 1.67. The van der Waals surface area contributed by atoms with E-state index in [1.165, 1.54) is 12.8 Å². The first-order chi connectivity index (χ1) is 6.90. The van der Waals surface area contributed by atoms with Gasteiger partial charge in [0.05, 0.1) is 6.07 Å². The van der Waals surface area contributed by atoms with E-state index in [9.17, 15) is 4.79 Å². The van der Waals surface area contributed by atoms with Crippen molar-refractivity contribution in [2.75, 3.05) is 0 Å². The van der Waals surface area contributed by atoms with Gasteiger partial charge in [0.25, 0.3) is 0 Å². The number of nitrogens with one attached hydrogen (secondary N) is 1. The summed E-state index contributed by atoms with van der Waals surface area (Å²) < 4.78 is 5.07. The standard InChI is InChI=1S/C11H18N2O2/c1-11(2,3)15-10(14)13-9(7-12)6-8-4-5-8/h8-9H,4-6H2,1-3H3,(H,13,14)/t9-/m0/s1. The van der Waals surface area contributed by atoms with Crippen molar-refractivity contribution in [3.63, 3.8) is 0 Å². The zero-order chi connectivity index (χ0) is 11.5. The monoisotopic (exact) mass is 210 g/mol. The molecule has 15 heavy (non-hydrogen) atoms. The summed E-state index contributed by atoms with van der Waals surface area (Å²) in [6.07, 6.45) is 2.59. The smallest absolute Gasteiger partial charge is 0.408 e. The summed E-state index contributed by atoms with van der Waals surface area (Å²) in [4.78, 5) is 11.3. The molecule has 0 spiro atoms. The van der Waals surface area contributed by atoms with Gasteiger partial charge in [-0.2, -0.15) is 5.26 Å². The van der Waals surface area contributed by atoms with Gasteiger partial charge in [-0.15, -0.1) is 0 Å². The molecular formula is C11H18N2O2. The summed E-state index contributed by atoms with van der Waals surface area (Å²) in [5, 5.41) is 11.4. The lowest BCUT2D eigenvalue weighted by Gasteiger charge is -2.21. The Balaban J connectivity index is 2.31. The molecule has 0 aromatic carbocycles. The number of carbonyl (C=O) groups excluding carboxylic acids is 1. The van der Waals surface area contributed by atoms with Gasteiger partial charge in [0.15, 0.2) is 0 Å². The number of ether oxygens (including phenoxy) is 1. The van der Waals surface area contributed by atoms with E-state index in [1.807, 2.05) is 0 Å². The molecule has 1 N–H and O–H groups in total. The van der Waals surface area contributed by atoms with Gasteiger partial charge in [-0.3, -0.25) is 0 Å². The Kier molecular flexibility index (Phi) is 3.57. The predicted molar refractivity (Wildman–Crippen MR) is 56.1 cm³/mol. The van der Waals surface area contributed by atoms with Crippen LogP contribution in [0.3, 0.4) is 0 Å². The van der Waals surface area contributed by atoms with Gasteiger partial charge < -0.3 is 10.1 Å². The van der Waals surface area contributed by atoms with E-state index in [0.29, 0.717) is 5.92 Å². The number of hydrogen-bond acceptors (Lipinski definition) is 3. The largest absolute Gasteiger partial charge is 0.444 e. The molecule has 4 nitrogen and oxygen atoms in total. The molecule has 0 saturated heterocycles. The molecule has 1 rings (SSSR count). The molecule has 0 aliphatic heterocycles. The Morgan fingerprint density at radius 3 is 2.60 bits per heavy atom. The minimum Gasteiger partial charge on any atom is -0.444 e. The van der Waals surface area contributed by atoms with Crippen molar-refractivity contribution in [3.8, 4) is 6.07 Å². The van der Waals surface area contributed by atoms with Crippen molar-refractivity contribution < 1.29 is 9.53 Å². The fourth-order valence-corrected chi connectivity index (χ4v) is 1.28. The maximum absolute atomic E-state index is 11.3. The Morgan fingerprint density at radius 1 is 1.60 bits per heavy atom. The molecule has 4 heteroatoms. The second kappa shape index (κ2) is 4.52. The number of amides is 1. The van der Waals surface area contributed by atoms with E-state index >= 15 is 0 Å². The number of rotatable bonds is 3. The highest BCUT2D eigenvalue weighted by Gasteiger charge is 2.27. The van der Waals surface area contributed by atoms with E-state index in [0.717, 1.165) is 6.42 Å². The average Bonchev–Trinajstić information content (AvgIpc) is 2.83. The molecule has 1 aliphatic rings. The summed E-state index contributed by atoms with van der Waals surface area (Å²) in [5.41, 5.74) is -0.510. The molecule has 1 saturated carbocycles. The lowest BCUT2D eigenvalue weighted by atomic mass is 10.1. The molecule has 1 aliphatic carbocycles. The quantitative estimate of drug-likeness (QED) is 0.776. The van der Waals surface area contributed by atoms with E-state index < -0.39 is 17.7 Å². The summed E-state index contributed by atoms with van der Waals surface area (Å²) >= 11 is 0. The number of nitrogens with zero attached hydrogens (tertiary/aromatic N) is 1. The van der Waals surface area contributed by atoms with Crippen LogP contribution in [0.1, 0.15) is 40.0 Å². The number of carbonyl (C=O) groups is 1. The Labute approximate surface area is 90.6 Å². The maximum atomic E-state index is 11.3. The normalized spacial score (nSPS) is 17.7. The highest BCUT2D eigenvalue weighted by Crippen LogP contribution is 2.33. The number of alkyl carbamates (subject to hydrolysis) is 1. The molecular weight excluding hydrogens is 192 g/mol. The number of hydrogen-bond donors (Lipinski definition) is 1. The first kappa shape index (κ1) is 11.8. The van der Waals surface area contributed by atoms with Crippen LogP contribution >= 0.6 is 0 Å². The predicted octanol–water partition coefficient (Wildman–Crippen LogP) is 2.20. The van der Waals surface area contributed by atoms with Crippen LogP contribution in [-0.4, -0.2) is 17.7 Å². The summed E-state index contributed by atoms with van der Waals surface area (Å²) in [6.45, 7) is 5.40. The van der Waals surface area contributed by atoms with Gasteiger partial charge in [-0.05, 0) is 33.1 Å². The van der Waals surface area contributed by atoms with Gasteiger partial charge in [0, 0.05) is 0 Å². The Hall–Kier alpha value is -1.24. The van der Waals surface area contributed by atoms with Crippen LogP contribution < -0.4 is 5.32 Å². The minimum atomic E-state index is -0.510. The molecule has 0 heterocycles. The fraction of sp³-hybridized carbons (Fsp3) is 0.818. The highest BCUT2D eigenvalue weighted by atomic mass is 16.6. The van der Waals surface area contributed by atoms with Crippen LogP contribution in [-0.2, 0) is 4.74 Å². The first-order valence-electron chi connectivity index (χ1n) is 5.30. The van der Waals surface area contributed by atoms with Crippen molar-refractivity contribution in [1.82, 2.24) is 5.32 Å². The topological polar surface area (TPSA) is 62.1 Å². The SMILES string of the molecule is CC(C)(C)OC(=O)N[C@H](C#N)CC1CC1. The third-order valence-electron chi connectivity index (χ3n) is 2.11. The van der Waals surface area contributed by atoms with Gasteiger partial charge in [-0.25, -0.2) is 4.79 Å². The lowest BCUT2D eigenvalue weighted by molar-refractivity contribution is 0.0513. The van der Waals surface area contributed by atoms with Crippen LogP contribution in [0.15, 0.2) is 0 Å². The second-order valence-electron chi connectivity index (χ2n) is 5.01. The molecule has 0 aromatic heterocycles. The molecule has 1 amide bonds. The van der Waals surface area contributed by atoms with Crippen molar-refractivity contribution in [2.45, 2.75) is 51.7 Å². The van der Waals surface area contributed by atoms with Gasteiger partial charge in [-0.1, -0.05) is 12.8 Å². The van der Waals surface area contributed by atoms with Crippen LogP contribution in [0.25, 0.3) is 0 Å². The van der Waals surface area contributed by atoms with E-state index in [-0.39, 0.29) is 0 Å². The van der Waals surface area contributed by atoms with Gasteiger partial charge in [0.1, 0.15) is 11.6 Å². The fourth-order valence-electron chi connectivity index (χ4n) is 1.28. The molecule has 0 aromatic rings. The molecule has 0 unspecified atom stereocenters. The van der Waals surface area contributed by atoms with E-state index in [1.54, 1.807) is 20.8 Å². The van der Waals surface area contributed by atoms with E-state index in [2.05, 4.69) is 11.4 Å². The van der Waals surface area contributed by atoms with Crippen molar-refractivity contribution in [3.05, 3.63) is 0 Å². The first-order valence-corrected chi connectivity index (χ1v) is 5.30. The van der Waals surface area contributed by atoms with Crippen LogP contribution in [0.4, 0.5) is 4.79 Å². The average molecular weight is 210 g/mol. The third-order valence-corrected chi connectivity index (χ3v) is 2.11. The van der Waals surface area contributed by atoms with Crippen molar-refractivity contribution >= 4 is 6.09 Å². The molecule has 84 valence electrons. The summed E-state index contributed by atoms with van der Waals surface area (Å²) in [5.74, 6) is 0.615. The molecule has 1 fully saturated rings. The molecule has 1 atom stereocenters. The minimum absolute atomic E-state index is 0.410. The van der Waals surface area contributed by atoms with Crippen LogP contribution in [0.2, 0.25) is 0 Å². The van der Waals surface area contributed by atoms with Gasteiger partial charge >= 0.3 is 6.09 Å². The Morgan fingerprint density at radius 2 is 2.20 bits per heavy atom. The highest BCUT2D eigenvalue weighted by molar-refractivity contribution is 5.68. The zero-order valence-corrected chi connectivity index (χ0v) is 9.54. The van der Waals surface area contributed by atoms with Crippen LogP contribution in [0, 0.1) is 17.2 Å². The van der Waals surface area contributed by atoms with E-state index in [4.69, 9.17) is 10.00 Å². The number of nitriles is 1. The summed E-state index contributed by atoms with van der Waals surface area (Å²) in [7, 11) is 0. The second-order valence-corrected chi connectivity index (χ2v) is 5.01. The van der Waals surface area contributed by atoms with Gasteiger partial charge in [0.2, 0.25) is 0 Å². The van der Waals surface area contributed by atoms with Crippen molar-refractivity contribution in [1.29, 1.82) is 5.26 Å². The zero-order valence-electron chi connectivity index (χ0n) is 9.54. The molecule has 0 bridgehead atoms. The maximum Gasteiger partial charge on any atom is 0.408 e.